The van der Waals surface area contributed by atoms with E-state index >= 15 is 0 Å². The maximum Gasteiger partial charge on any atom is 0.244 e. The number of piperidine rings is 1. The molecule has 1 aliphatic heterocycles. The van der Waals surface area contributed by atoms with E-state index in [1.165, 1.54) is 17.3 Å². The van der Waals surface area contributed by atoms with Gasteiger partial charge in [-0.25, -0.2) is 8.42 Å². The highest BCUT2D eigenvalue weighted by molar-refractivity contribution is 7.89. The molecular formula is C13H16ClNO3S. The van der Waals surface area contributed by atoms with Crippen LogP contribution in [0.3, 0.4) is 0 Å². The van der Waals surface area contributed by atoms with Gasteiger partial charge < -0.3 is 0 Å². The van der Waals surface area contributed by atoms with Crippen molar-refractivity contribution >= 4 is 27.4 Å². The third kappa shape index (κ3) is 2.99. The molecule has 19 heavy (non-hydrogen) atoms. The fourth-order valence-electron chi connectivity index (χ4n) is 2.29. The summed E-state index contributed by atoms with van der Waals surface area (Å²) in [6, 6.07) is 6.39. The van der Waals surface area contributed by atoms with E-state index in [9.17, 15) is 13.2 Å². The van der Waals surface area contributed by atoms with Gasteiger partial charge in [0.05, 0.1) is 5.02 Å². The van der Waals surface area contributed by atoms with Crippen molar-refractivity contribution in [2.24, 2.45) is 5.92 Å². The van der Waals surface area contributed by atoms with Gasteiger partial charge in [0, 0.05) is 19.0 Å². The molecule has 0 radical (unpaired) electrons. The number of sulfonamides is 1. The van der Waals surface area contributed by atoms with Gasteiger partial charge in [-0.05, 0) is 31.9 Å². The molecule has 0 bridgehead atoms. The smallest absolute Gasteiger partial charge is 0.244 e. The Morgan fingerprint density at radius 2 is 2.05 bits per heavy atom. The lowest BCUT2D eigenvalue weighted by molar-refractivity contribution is -0.121. The SMILES string of the molecule is CC(=O)C1CCCN(S(=O)(=O)c2ccccc2Cl)C1. The van der Waals surface area contributed by atoms with Gasteiger partial charge in [-0.1, -0.05) is 23.7 Å². The van der Waals surface area contributed by atoms with Crippen LogP contribution >= 0.6 is 11.6 Å². The van der Waals surface area contributed by atoms with E-state index in [0.717, 1.165) is 6.42 Å². The van der Waals surface area contributed by atoms with Crippen molar-refractivity contribution in [3.8, 4) is 0 Å². The maximum absolute atomic E-state index is 12.5. The second-order valence-corrected chi connectivity index (χ2v) is 7.06. The van der Waals surface area contributed by atoms with Crippen molar-refractivity contribution in [1.29, 1.82) is 0 Å². The molecule has 0 aromatic heterocycles. The van der Waals surface area contributed by atoms with Gasteiger partial charge in [-0.3, -0.25) is 4.79 Å². The molecule has 104 valence electrons. The number of carbonyl (C=O) groups is 1. The minimum Gasteiger partial charge on any atom is -0.300 e. The van der Waals surface area contributed by atoms with Crippen molar-refractivity contribution in [2.45, 2.75) is 24.7 Å². The first-order valence-electron chi connectivity index (χ1n) is 6.18. The lowest BCUT2D eigenvalue weighted by Crippen LogP contribution is -2.41. The Morgan fingerprint density at radius 3 is 2.68 bits per heavy atom. The molecular weight excluding hydrogens is 286 g/mol. The van der Waals surface area contributed by atoms with Crippen LogP contribution in [0.5, 0.6) is 0 Å². The molecule has 0 saturated carbocycles. The molecule has 0 aliphatic carbocycles. The Kier molecular flexibility index (Phi) is 4.28. The van der Waals surface area contributed by atoms with E-state index in [4.69, 9.17) is 11.6 Å². The van der Waals surface area contributed by atoms with Crippen molar-refractivity contribution in [3.63, 3.8) is 0 Å². The van der Waals surface area contributed by atoms with Gasteiger partial charge in [-0.2, -0.15) is 4.31 Å². The van der Waals surface area contributed by atoms with Gasteiger partial charge in [0.25, 0.3) is 0 Å². The minimum absolute atomic E-state index is 0.0408. The molecule has 1 atom stereocenters. The summed E-state index contributed by atoms with van der Waals surface area (Å²) >= 11 is 5.95. The Labute approximate surface area is 118 Å². The van der Waals surface area contributed by atoms with E-state index in [1.807, 2.05) is 0 Å². The molecule has 1 saturated heterocycles. The van der Waals surface area contributed by atoms with Crippen molar-refractivity contribution in [1.82, 2.24) is 4.31 Å². The number of benzene rings is 1. The quantitative estimate of drug-likeness (QED) is 0.861. The molecule has 1 aromatic carbocycles. The van der Waals surface area contributed by atoms with Crippen LogP contribution < -0.4 is 0 Å². The second kappa shape index (κ2) is 5.61. The summed E-state index contributed by atoms with van der Waals surface area (Å²) in [5, 5.41) is 0.215. The van der Waals surface area contributed by atoms with Gasteiger partial charge >= 0.3 is 0 Å². The average Bonchev–Trinajstić information content (AvgIpc) is 2.39. The molecule has 0 amide bonds. The molecule has 0 N–H and O–H groups in total. The van der Waals surface area contributed by atoms with Crippen LogP contribution in [0.1, 0.15) is 19.8 Å². The summed E-state index contributed by atoms with van der Waals surface area (Å²) in [6.45, 7) is 2.20. The number of Topliss-reactive ketones (excluding diaryl/α,β-unsaturated/α-hetero) is 1. The van der Waals surface area contributed by atoms with Crippen molar-refractivity contribution in [2.75, 3.05) is 13.1 Å². The number of rotatable bonds is 3. The number of ketones is 1. The predicted octanol–water partition coefficient (Wildman–Crippen LogP) is 2.33. The highest BCUT2D eigenvalue weighted by Gasteiger charge is 2.32. The third-order valence-corrected chi connectivity index (χ3v) is 5.78. The average molecular weight is 302 g/mol. The van der Waals surface area contributed by atoms with Gasteiger partial charge in [0.15, 0.2) is 0 Å². The molecule has 0 spiro atoms. The monoisotopic (exact) mass is 301 g/mol. The highest BCUT2D eigenvalue weighted by Crippen LogP contribution is 2.28. The third-order valence-electron chi connectivity index (χ3n) is 3.41. The molecule has 6 heteroatoms. The maximum atomic E-state index is 12.5. The molecule has 1 aliphatic rings. The van der Waals surface area contributed by atoms with Crippen molar-refractivity contribution < 1.29 is 13.2 Å². The van der Waals surface area contributed by atoms with E-state index in [-0.39, 0.29) is 28.2 Å². The summed E-state index contributed by atoms with van der Waals surface area (Å²) < 4.78 is 26.4. The summed E-state index contributed by atoms with van der Waals surface area (Å²) in [4.78, 5) is 11.5. The number of hydrogen-bond acceptors (Lipinski definition) is 3. The van der Waals surface area contributed by atoms with Crippen molar-refractivity contribution in [3.05, 3.63) is 29.3 Å². The Balaban J connectivity index is 2.30. The lowest BCUT2D eigenvalue weighted by Gasteiger charge is -2.30. The molecule has 2 rings (SSSR count). The van der Waals surface area contributed by atoms with Crippen LogP contribution in [0.2, 0.25) is 5.02 Å². The first-order valence-corrected chi connectivity index (χ1v) is 8.00. The molecule has 1 heterocycles. The summed E-state index contributed by atoms with van der Waals surface area (Å²) in [5.74, 6) is -0.162. The van der Waals surface area contributed by atoms with Crippen LogP contribution in [0.4, 0.5) is 0 Å². The fourth-order valence-corrected chi connectivity index (χ4v) is 4.30. The number of nitrogens with zero attached hydrogens (tertiary/aromatic N) is 1. The number of halogens is 1. The molecule has 1 fully saturated rings. The van der Waals surface area contributed by atoms with Crippen LogP contribution in [0.25, 0.3) is 0 Å². The van der Waals surface area contributed by atoms with Crippen LogP contribution in [0.15, 0.2) is 29.2 Å². The van der Waals surface area contributed by atoms with E-state index in [0.29, 0.717) is 13.0 Å². The van der Waals surface area contributed by atoms with E-state index in [2.05, 4.69) is 0 Å². The van der Waals surface area contributed by atoms with Gasteiger partial charge in [0.1, 0.15) is 10.7 Å². The number of hydrogen-bond donors (Lipinski definition) is 0. The first kappa shape index (κ1) is 14.5. The normalized spacial score (nSPS) is 21.3. The Bertz CT molecular complexity index is 585. The standard InChI is InChI=1S/C13H16ClNO3S/c1-10(16)11-5-4-8-15(9-11)19(17,18)13-7-3-2-6-12(13)14/h2-3,6-7,11H,4-5,8-9H2,1H3. The zero-order chi connectivity index (χ0) is 14.0. The van der Waals surface area contributed by atoms with Crippen LogP contribution in [-0.2, 0) is 14.8 Å². The predicted molar refractivity (Wildman–Crippen MR) is 73.6 cm³/mol. The fraction of sp³-hybridized carbons (Fsp3) is 0.462. The first-order chi connectivity index (χ1) is 8.93. The largest absolute Gasteiger partial charge is 0.300 e. The zero-order valence-corrected chi connectivity index (χ0v) is 12.2. The van der Waals surface area contributed by atoms with E-state index in [1.54, 1.807) is 18.2 Å². The molecule has 1 aromatic rings. The highest BCUT2D eigenvalue weighted by atomic mass is 35.5. The van der Waals surface area contributed by atoms with E-state index < -0.39 is 10.0 Å². The van der Waals surface area contributed by atoms with Crippen LogP contribution in [-0.4, -0.2) is 31.6 Å². The second-order valence-electron chi connectivity index (χ2n) is 4.74. The zero-order valence-electron chi connectivity index (χ0n) is 10.7. The topological polar surface area (TPSA) is 54.5 Å². The lowest BCUT2D eigenvalue weighted by atomic mass is 9.96. The van der Waals surface area contributed by atoms with Crippen LogP contribution in [0, 0.1) is 5.92 Å². The number of carbonyl (C=O) groups excluding carboxylic acids is 1. The Hall–Kier alpha value is -0.910. The van der Waals surface area contributed by atoms with Gasteiger partial charge in [-0.15, -0.1) is 0 Å². The molecule has 4 nitrogen and oxygen atoms in total. The minimum atomic E-state index is -3.61. The summed E-state index contributed by atoms with van der Waals surface area (Å²) in [7, 11) is -3.61. The molecule has 1 unspecified atom stereocenters. The van der Waals surface area contributed by atoms with Gasteiger partial charge in [0.2, 0.25) is 10.0 Å². The summed E-state index contributed by atoms with van der Waals surface area (Å²) in [5.41, 5.74) is 0. The summed E-state index contributed by atoms with van der Waals surface area (Å²) in [6.07, 6.45) is 1.46. The Morgan fingerprint density at radius 1 is 1.37 bits per heavy atom.